The number of thioether (sulfide) groups is 1. The number of hydrogen-bond acceptors (Lipinski definition) is 7. The van der Waals surface area contributed by atoms with Gasteiger partial charge < -0.3 is 5.11 Å². The Labute approximate surface area is 150 Å². The lowest BCUT2D eigenvalue weighted by Crippen LogP contribution is -2.24. The highest BCUT2D eigenvalue weighted by molar-refractivity contribution is 8.14. The van der Waals surface area contributed by atoms with Crippen molar-refractivity contribution in [3.63, 3.8) is 0 Å². The molecule has 0 saturated carbocycles. The standard InChI is InChI=1S/C17H11N5O3S/c23-16-12(17(24)25)14(18-11-8-4-5-9-22(11)16)26-15-13(19-21-20-15)10-6-2-1-3-7-10/h1-9,13H,(H,24,25). The molecule has 0 saturated heterocycles. The number of pyridine rings is 1. The van der Waals surface area contributed by atoms with Crippen LogP contribution in [0.4, 0.5) is 0 Å². The Balaban J connectivity index is 1.79. The van der Waals surface area contributed by atoms with Crippen molar-refractivity contribution in [1.82, 2.24) is 9.38 Å². The SMILES string of the molecule is O=C(O)c1c(SC2=NN=NC2c2ccccc2)nc2ccccn2c1=O. The van der Waals surface area contributed by atoms with Gasteiger partial charge in [0.2, 0.25) is 0 Å². The van der Waals surface area contributed by atoms with Crippen molar-refractivity contribution in [2.24, 2.45) is 15.4 Å². The van der Waals surface area contributed by atoms with E-state index in [4.69, 9.17) is 0 Å². The second kappa shape index (κ2) is 6.52. The molecule has 0 amide bonds. The molecule has 8 nitrogen and oxygen atoms in total. The van der Waals surface area contributed by atoms with Gasteiger partial charge in [-0.15, -0.1) is 5.10 Å². The highest BCUT2D eigenvalue weighted by Crippen LogP contribution is 2.34. The summed E-state index contributed by atoms with van der Waals surface area (Å²) in [6.07, 6.45) is 1.48. The summed E-state index contributed by atoms with van der Waals surface area (Å²) in [5.74, 6) is -1.34. The van der Waals surface area contributed by atoms with Crippen LogP contribution in [0, 0.1) is 0 Å². The van der Waals surface area contributed by atoms with Gasteiger partial charge in [-0.05, 0) is 34.7 Å². The molecule has 0 bridgehead atoms. The van der Waals surface area contributed by atoms with E-state index in [1.54, 1.807) is 18.2 Å². The van der Waals surface area contributed by atoms with E-state index < -0.39 is 23.1 Å². The van der Waals surface area contributed by atoms with Crippen molar-refractivity contribution >= 4 is 28.4 Å². The molecule has 4 rings (SSSR count). The summed E-state index contributed by atoms with van der Waals surface area (Å²) in [5, 5.41) is 21.8. The maximum absolute atomic E-state index is 12.6. The van der Waals surface area contributed by atoms with Gasteiger partial charge in [-0.3, -0.25) is 9.20 Å². The van der Waals surface area contributed by atoms with Crippen LogP contribution in [0.15, 0.2) is 80.0 Å². The van der Waals surface area contributed by atoms with E-state index in [0.717, 1.165) is 17.3 Å². The number of carboxylic acids is 1. The molecule has 1 atom stereocenters. The van der Waals surface area contributed by atoms with Crippen molar-refractivity contribution < 1.29 is 9.90 Å². The molecule has 128 valence electrons. The lowest BCUT2D eigenvalue weighted by Gasteiger charge is -2.11. The molecular formula is C17H11N5O3S. The van der Waals surface area contributed by atoms with Gasteiger partial charge in [0, 0.05) is 6.20 Å². The summed E-state index contributed by atoms with van der Waals surface area (Å²) in [5.41, 5.74) is 0.178. The normalized spacial score (nSPS) is 16.0. The molecule has 9 heteroatoms. The van der Waals surface area contributed by atoms with Crippen LogP contribution in [-0.4, -0.2) is 25.5 Å². The fourth-order valence-electron chi connectivity index (χ4n) is 2.57. The Morgan fingerprint density at radius 3 is 2.65 bits per heavy atom. The second-order valence-corrected chi connectivity index (χ2v) is 6.40. The molecule has 0 spiro atoms. The maximum atomic E-state index is 12.6. The number of benzene rings is 1. The monoisotopic (exact) mass is 365 g/mol. The Kier molecular flexibility index (Phi) is 4.05. The minimum Gasteiger partial charge on any atom is -0.477 e. The van der Waals surface area contributed by atoms with Gasteiger partial charge in [0.15, 0.2) is 5.56 Å². The highest BCUT2D eigenvalue weighted by Gasteiger charge is 2.28. The molecule has 2 aromatic heterocycles. The average molecular weight is 365 g/mol. The van der Waals surface area contributed by atoms with Gasteiger partial charge in [-0.1, -0.05) is 36.4 Å². The summed E-state index contributed by atoms with van der Waals surface area (Å²) in [6, 6.07) is 13.9. The van der Waals surface area contributed by atoms with Gasteiger partial charge in [0.05, 0.1) is 0 Å². The van der Waals surface area contributed by atoms with E-state index in [2.05, 4.69) is 20.4 Å². The summed E-state index contributed by atoms with van der Waals surface area (Å²) in [4.78, 5) is 28.5. The smallest absolute Gasteiger partial charge is 0.344 e. The number of aromatic carboxylic acids is 1. The second-order valence-electron chi connectivity index (χ2n) is 5.39. The largest absolute Gasteiger partial charge is 0.477 e. The maximum Gasteiger partial charge on any atom is 0.344 e. The molecule has 0 fully saturated rings. The molecule has 3 heterocycles. The third-order valence-corrected chi connectivity index (χ3v) is 4.78. The first-order valence-electron chi connectivity index (χ1n) is 7.60. The number of carbonyl (C=O) groups is 1. The molecule has 0 radical (unpaired) electrons. The molecule has 1 aliphatic rings. The van der Waals surface area contributed by atoms with Gasteiger partial charge in [0.25, 0.3) is 5.56 Å². The first-order valence-corrected chi connectivity index (χ1v) is 8.42. The molecule has 1 unspecified atom stereocenters. The lowest BCUT2D eigenvalue weighted by atomic mass is 10.1. The Morgan fingerprint density at radius 1 is 1.12 bits per heavy atom. The summed E-state index contributed by atoms with van der Waals surface area (Å²) >= 11 is 0.995. The van der Waals surface area contributed by atoms with Crippen molar-refractivity contribution in [2.75, 3.05) is 0 Å². The van der Waals surface area contributed by atoms with Gasteiger partial charge in [-0.2, -0.15) is 5.11 Å². The van der Waals surface area contributed by atoms with Crippen LogP contribution in [0.3, 0.4) is 0 Å². The van der Waals surface area contributed by atoms with Crippen molar-refractivity contribution in [3.05, 3.63) is 76.2 Å². The number of nitrogens with zero attached hydrogens (tertiary/aromatic N) is 5. The lowest BCUT2D eigenvalue weighted by molar-refractivity contribution is 0.0690. The van der Waals surface area contributed by atoms with E-state index in [-0.39, 0.29) is 5.03 Å². The molecule has 1 aromatic carbocycles. The fraction of sp³-hybridized carbons (Fsp3) is 0.0588. The van der Waals surface area contributed by atoms with E-state index in [0.29, 0.717) is 10.7 Å². The fourth-order valence-corrected chi connectivity index (χ4v) is 3.56. The Bertz CT molecular complexity index is 1120. The molecular weight excluding hydrogens is 354 g/mol. The van der Waals surface area contributed by atoms with Crippen LogP contribution in [-0.2, 0) is 0 Å². The summed E-state index contributed by atoms with van der Waals surface area (Å²) in [7, 11) is 0. The van der Waals surface area contributed by atoms with E-state index in [1.807, 2.05) is 30.3 Å². The van der Waals surface area contributed by atoms with Crippen molar-refractivity contribution in [1.29, 1.82) is 0 Å². The van der Waals surface area contributed by atoms with E-state index >= 15 is 0 Å². The zero-order valence-corrected chi connectivity index (χ0v) is 14.0. The first kappa shape index (κ1) is 16.2. The van der Waals surface area contributed by atoms with Crippen molar-refractivity contribution in [3.8, 4) is 0 Å². The Hall–Kier alpha value is -3.33. The predicted molar refractivity (Wildman–Crippen MR) is 95.8 cm³/mol. The number of hydrogen-bond donors (Lipinski definition) is 1. The third kappa shape index (κ3) is 2.78. The molecule has 3 aromatic rings. The molecule has 0 aliphatic carbocycles. The Morgan fingerprint density at radius 2 is 1.88 bits per heavy atom. The van der Waals surface area contributed by atoms with Crippen LogP contribution in [0.5, 0.6) is 0 Å². The van der Waals surface area contributed by atoms with Crippen LogP contribution < -0.4 is 5.56 Å². The predicted octanol–water partition coefficient (Wildman–Crippen LogP) is 3.01. The number of carboxylic acid groups (broad SMARTS) is 1. The minimum atomic E-state index is -1.34. The summed E-state index contributed by atoms with van der Waals surface area (Å²) in [6.45, 7) is 0. The van der Waals surface area contributed by atoms with Gasteiger partial charge >= 0.3 is 5.97 Å². The van der Waals surface area contributed by atoms with Crippen LogP contribution in [0.25, 0.3) is 5.65 Å². The number of aromatic nitrogens is 2. The molecule has 1 aliphatic heterocycles. The van der Waals surface area contributed by atoms with E-state index in [1.165, 1.54) is 10.6 Å². The average Bonchev–Trinajstić information content (AvgIpc) is 3.10. The molecule has 26 heavy (non-hydrogen) atoms. The zero-order valence-electron chi connectivity index (χ0n) is 13.2. The van der Waals surface area contributed by atoms with Gasteiger partial charge in [0.1, 0.15) is 21.8 Å². The quantitative estimate of drug-likeness (QED) is 0.718. The number of fused-ring (bicyclic) bond motifs is 1. The topological polar surface area (TPSA) is 109 Å². The zero-order chi connectivity index (χ0) is 18.1. The van der Waals surface area contributed by atoms with Crippen molar-refractivity contribution in [2.45, 2.75) is 11.1 Å². The van der Waals surface area contributed by atoms with E-state index in [9.17, 15) is 14.7 Å². The first-order chi connectivity index (χ1) is 12.6. The third-order valence-electron chi connectivity index (χ3n) is 3.78. The van der Waals surface area contributed by atoms with Crippen LogP contribution in [0.1, 0.15) is 22.0 Å². The van der Waals surface area contributed by atoms with Gasteiger partial charge in [-0.25, -0.2) is 9.78 Å². The summed E-state index contributed by atoms with van der Waals surface area (Å²) < 4.78 is 1.20. The highest BCUT2D eigenvalue weighted by atomic mass is 32.2. The minimum absolute atomic E-state index is 0.0701. The van der Waals surface area contributed by atoms with Crippen LogP contribution in [0.2, 0.25) is 0 Å². The molecule has 1 N–H and O–H groups in total. The number of rotatable bonds is 3. The van der Waals surface area contributed by atoms with Crippen LogP contribution >= 0.6 is 11.8 Å².